The summed E-state index contributed by atoms with van der Waals surface area (Å²) in [5.74, 6) is -0.877. The molecule has 0 saturated heterocycles. The minimum Gasteiger partial charge on any atom is -0.405 e. The van der Waals surface area contributed by atoms with Gasteiger partial charge >= 0.3 is 6.36 Å². The Kier molecular flexibility index (Phi) is 6.24. The van der Waals surface area contributed by atoms with Crippen LogP contribution >= 0.6 is 0 Å². The Morgan fingerprint density at radius 3 is 2.46 bits per heavy atom. The van der Waals surface area contributed by atoms with E-state index < -0.39 is 6.36 Å². The quantitative estimate of drug-likeness (QED) is 0.737. The molecule has 7 heteroatoms. The number of alkyl halides is 3. The summed E-state index contributed by atoms with van der Waals surface area (Å²) in [6.45, 7) is 1.45. The Bertz CT molecular complexity index is 796. The van der Waals surface area contributed by atoms with Crippen LogP contribution in [0.25, 0.3) is 0 Å². The maximum atomic E-state index is 13.0. The standard InChI is InChI=1S/C21H23F3N2O2/c22-21(23,24)28-19-10-5-4-9-16(19)17-13-18(17)20(27)26(12-6-11-25)14-15-7-2-1-3-8-15/h1-5,7-10,17-18H,6,11-14,25H2. The highest BCUT2D eigenvalue weighted by molar-refractivity contribution is 5.83. The summed E-state index contributed by atoms with van der Waals surface area (Å²) >= 11 is 0. The van der Waals surface area contributed by atoms with E-state index in [4.69, 9.17) is 5.73 Å². The molecule has 2 atom stereocenters. The molecule has 2 aromatic rings. The first-order valence-corrected chi connectivity index (χ1v) is 9.26. The average molecular weight is 392 g/mol. The van der Waals surface area contributed by atoms with E-state index in [1.807, 2.05) is 30.3 Å². The molecule has 0 bridgehead atoms. The highest BCUT2D eigenvalue weighted by Gasteiger charge is 2.47. The summed E-state index contributed by atoms with van der Waals surface area (Å²) in [6, 6.07) is 15.7. The number of halogens is 3. The van der Waals surface area contributed by atoms with Crippen LogP contribution in [0.1, 0.15) is 29.9 Å². The Morgan fingerprint density at radius 2 is 1.79 bits per heavy atom. The predicted molar refractivity (Wildman–Crippen MR) is 99.5 cm³/mol. The summed E-state index contributed by atoms with van der Waals surface area (Å²) in [5, 5.41) is 0. The molecule has 0 heterocycles. The van der Waals surface area contributed by atoms with Gasteiger partial charge in [0.1, 0.15) is 5.75 Å². The van der Waals surface area contributed by atoms with Crippen LogP contribution in [0, 0.1) is 5.92 Å². The summed E-state index contributed by atoms with van der Waals surface area (Å²) in [5.41, 5.74) is 7.03. The van der Waals surface area contributed by atoms with Gasteiger partial charge in [-0.25, -0.2) is 0 Å². The van der Waals surface area contributed by atoms with Crippen LogP contribution in [0.4, 0.5) is 13.2 Å². The average Bonchev–Trinajstić information content (AvgIpc) is 3.45. The Morgan fingerprint density at radius 1 is 1.11 bits per heavy atom. The number of nitrogens with two attached hydrogens (primary N) is 1. The molecule has 2 N–H and O–H groups in total. The van der Waals surface area contributed by atoms with Gasteiger partial charge in [0.05, 0.1) is 0 Å². The van der Waals surface area contributed by atoms with Crippen molar-refractivity contribution in [3.05, 3.63) is 65.7 Å². The van der Waals surface area contributed by atoms with E-state index >= 15 is 0 Å². The summed E-state index contributed by atoms with van der Waals surface area (Å²) in [4.78, 5) is 14.8. The van der Waals surface area contributed by atoms with Crippen LogP contribution in [-0.4, -0.2) is 30.3 Å². The normalized spacial score (nSPS) is 18.6. The first kappa shape index (κ1) is 20.2. The van der Waals surface area contributed by atoms with Gasteiger partial charge in [-0.3, -0.25) is 4.79 Å². The molecule has 0 aromatic heterocycles. The number of carbonyl (C=O) groups excluding carboxylic acids is 1. The van der Waals surface area contributed by atoms with Crippen LogP contribution in [0.5, 0.6) is 5.75 Å². The van der Waals surface area contributed by atoms with Gasteiger partial charge in [0.25, 0.3) is 0 Å². The second-order valence-corrected chi connectivity index (χ2v) is 6.92. The van der Waals surface area contributed by atoms with E-state index in [-0.39, 0.29) is 23.5 Å². The fraction of sp³-hybridized carbons (Fsp3) is 0.381. The van der Waals surface area contributed by atoms with Crippen LogP contribution < -0.4 is 10.5 Å². The van der Waals surface area contributed by atoms with Gasteiger partial charge in [0.15, 0.2) is 0 Å². The van der Waals surface area contributed by atoms with E-state index in [2.05, 4.69) is 4.74 Å². The summed E-state index contributed by atoms with van der Waals surface area (Å²) in [7, 11) is 0. The fourth-order valence-electron chi connectivity index (χ4n) is 3.40. The predicted octanol–water partition coefficient (Wildman–Crippen LogP) is 4.07. The van der Waals surface area contributed by atoms with Crippen molar-refractivity contribution in [2.45, 2.75) is 31.7 Å². The van der Waals surface area contributed by atoms with Crippen LogP contribution in [0.3, 0.4) is 0 Å². The SMILES string of the molecule is NCCCN(Cc1ccccc1)C(=O)C1CC1c1ccccc1OC(F)(F)F. The number of carbonyl (C=O) groups is 1. The maximum Gasteiger partial charge on any atom is 0.573 e. The lowest BCUT2D eigenvalue weighted by molar-refractivity contribution is -0.274. The Hall–Kier alpha value is -2.54. The molecular weight excluding hydrogens is 369 g/mol. The number of amides is 1. The van der Waals surface area contributed by atoms with Gasteiger partial charge in [0, 0.05) is 19.0 Å². The van der Waals surface area contributed by atoms with Crippen LogP contribution in [0.15, 0.2) is 54.6 Å². The van der Waals surface area contributed by atoms with Crippen LogP contribution in [-0.2, 0) is 11.3 Å². The zero-order valence-corrected chi connectivity index (χ0v) is 15.4. The van der Waals surface area contributed by atoms with E-state index in [1.165, 1.54) is 12.1 Å². The van der Waals surface area contributed by atoms with E-state index in [0.717, 1.165) is 5.56 Å². The molecule has 1 aliphatic rings. The monoisotopic (exact) mass is 392 g/mol. The van der Waals surface area contributed by atoms with Crippen molar-refractivity contribution >= 4 is 5.91 Å². The molecule has 1 fully saturated rings. The number of benzene rings is 2. The van der Waals surface area contributed by atoms with Gasteiger partial charge in [-0.15, -0.1) is 13.2 Å². The van der Waals surface area contributed by atoms with E-state index in [1.54, 1.807) is 17.0 Å². The Labute approximate surface area is 162 Å². The van der Waals surface area contributed by atoms with Gasteiger partial charge in [-0.2, -0.15) is 0 Å². The second-order valence-electron chi connectivity index (χ2n) is 6.92. The van der Waals surface area contributed by atoms with Crippen molar-refractivity contribution in [3.63, 3.8) is 0 Å². The van der Waals surface area contributed by atoms with Gasteiger partial charge in [-0.05, 0) is 42.5 Å². The van der Waals surface area contributed by atoms with Gasteiger partial charge < -0.3 is 15.4 Å². The molecule has 1 aliphatic carbocycles. The van der Waals surface area contributed by atoms with Gasteiger partial charge in [-0.1, -0.05) is 48.5 Å². The maximum absolute atomic E-state index is 13.0. The van der Waals surface area contributed by atoms with Crippen molar-refractivity contribution in [1.29, 1.82) is 0 Å². The molecule has 0 radical (unpaired) electrons. The van der Waals surface area contributed by atoms with E-state index in [0.29, 0.717) is 38.0 Å². The molecule has 28 heavy (non-hydrogen) atoms. The number of hydrogen-bond acceptors (Lipinski definition) is 3. The van der Waals surface area contributed by atoms with E-state index in [9.17, 15) is 18.0 Å². The second kappa shape index (κ2) is 8.65. The number of nitrogens with zero attached hydrogens (tertiary/aromatic N) is 1. The van der Waals surface area contributed by atoms with Crippen LogP contribution in [0.2, 0.25) is 0 Å². The zero-order chi connectivity index (χ0) is 20.1. The molecule has 1 amide bonds. The molecule has 0 spiro atoms. The van der Waals surface area contributed by atoms with Crippen molar-refractivity contribution in [1.82, 2.24) is 4.90 Å². The minimum atomic E-state index is -4.76. The molecule has 150 valence electrons. The fourth-order valence-corrected chi connectivity index (χ4v) is 3.40. The number of rotatable bonds is 8. The lowest BCUT2D eigenvalue weighted by Gasteiger charge is -2.23. The van der Waals surface area contributed by atoms with Crippen molar-refractivity contribution in [3.8, 4) is 5.75 Å². The molecule has 2 aromatic carbocycles. The topological polar surface area (TPSA) is 55.6 Å². The molecule has 2 unspecified atom stereocenters. The lowest BCUT2D eigenvalue weighted by Crippen LogP contribution is -2.34. The first-order valence-electron chi connectivity index (χ1n) is 9.26. The zero-order valence-electron chi connectivity index (χ0n) is 15.4. The first-order chi connectivity index (χ1) is 13.4. The highest BCUT2D eigenvalue weighted by Crippen LogP contribution is 2.51. The van der Waals surface area contributed by atoms with Crippen molar-refractivity contribution in [2.75, 3.05) is 13.1 Å². The molecule has 1 saturated carbocycles. The van der Waals surface area contributed by atoms with Gasteiger partial charge in [0.2, 0.25) is 5.91 Å². The molecule has 4 nitrogen and oxygen atoms in total. The summed E-state index contributed by atoms with van der Waals surface area (Å²) in [6.07, 6.45) is -3.57. The summed E-state index contributed by atoms with van der Waals surface area (Å²) < 4.78 is 42.1. The minimum absolute atomic E-state index is 0.0517. The van der Waals surface area contributed by atoms with Crippen molar-refractivity contribution < 1.29 is 22.7 Å². The number of para-hydroxylation sites is 1. The molecule has 3 rings (SSSR count). The number of ether oxygens (including phenoxy) is 1. The van der Waals surface area contributed by atoms with Crippen molar-refractivity contribution in [2.24, 2.45) is 11.7 Å². The molecule has 0 aliphatic heterocycles. The molecular formula is C21H23F3N2O2. The third-order valence-corrected chi connectivity index (χ3v) is 4.81. The third kappa shape index (κ3) is 5.25. The lowest BCUT2D eigenvalue weighted by atomic mass is 10.1. The smallest absolute Gasteiger partial charge is 0.405 e. The largest absolute Gasteiger partial charge is 0.573 e. The Balaban J connectivity index is 1.72. The number of hydrogen-bond donors (Lipinski definition) is 1. The third-order valence-electron chi connectivity index (χ3n) is 4.81. The highest BCUT2D eigenvalue weighted by atomic mass is 19.4.